The molecule has 2 rings (SSSR count). The third kappa shape index (κ3) is 3.44. The fraction of sp³-hybridized carbons (Fsp3) is 0.533. The molecule has 1 atom stereocenters. The van der Waals surface area contributed by atoms with Gasteiger partial charge in [-0.05, 0) is 31.9 Å². The molecule has 0 aromatic carbocycles. The van der Waals surface area contributed by atoms with Gasteiger partial charge < -0.3 is 9.52 Å². The average molecular weight is 297 g/mol. The maximum atomic E-state index is 10.2. The van der Waals surface area contributed by atoms with E-state index in [4.69, 9.17) is 16.0 Å². The summed E-state index contributed by atoms with van der Waals surface area (Å²) in [6, 6.07) is 3.78. The summed E-state index contributed by atoms with van der Waals surface area (Å²) >= 11 is 6.34. The van der Waals surface area contributed by atoms with Crippen LogP contribution in [0.1, 0.15) is 37.4 Å². The molecule has 2 aromatic rings. The zero-order valence-corrected chi connectivity index (χ0v) is 12.7. The number of furan rings is 1. The molecule has 2 aromatic heterocycles. The highest BCUT2D eigenvalue weighted by Crippen LogP contribution is 2.23. The number of nitrogens with zero attached hydrogens (tertiary/aromatic N) is 2. The van der Waals surface area contributed by atoms with Crippen LogP contribution in [0, 0.1) is 0 Å². The van der Waals surface area contributed by atoms with Gasteiger partial charge in [-0.1, -0.05) is 18.5 Å². The van der Waals surface area contributed by atoms with E-state index in [1.54, 1.807) is 6.26 Å². The second kappa shape index (κ2) is 6.95. The summed E-state index contributed by atoms with van der Waals surface area (Å²) in [5.74, 6) is 0.897. The zero-order chi connectivity index (χ0) is 14.5. The van der Waals surface area contributed by atoms with Gasteiger partial charge in [-0.3, -0.25) is 4.68 Å². The van der Waals surface area contributed by atoms with E-state index >= 15 is 0 Å². The summed E-state index contributed by atoms with van der Waals surface area (Å²) in [5.41, 5.74) is 1.83. The molecule has 4 nitrogen and oxygen atoms in total. The van der Waals surface area contributed by atoms with Crippen molar-refractivity contribution in [2.24, 2.45) is 0 Å². The minimum absolute atomic E-state index is 0.440. The molecule has 1 unspecified atom stereocenters. The van der Waals surface area contributed by atoms with Gasteiger partial charge in [-0.25, -0.2) is 0 Å². The second-order valence-corrected chi connectivity index (χ2v) is 5.23. The monoisotopic (exact) mass is 296 g/mol. The molecule has 1 N–H and O–H groups in total. The van der Waals surface area contributed by atoms with Crippen molar-refractivity contribution >= 4 is 11.6 Å². The molecule has 20 heavy (non-hydrogen) atoms. The lowest BCUT2D eigenvalue weighted by Crippen LogP contribution is -2.15. The number of halogens is 1. The molecule has 0 saturated carbocycles. The lowest BCUT2D eigenvalue weighted by molar-refractivity contribution is 0.160. The van der Waals surface area contributed by atoms with Crippen LogP contribution in [0.4, 0.5) is 0 Å². The van der Waals surface area contributed by atoms with E-state index < -0.39 is 6.10 Å². The Morgan fingerprint density at radius 2 is 2.25 bits per heavy atom. The van der Waals surface area contributed by atoms with Gasteiger partial charge in [-0.2, -0.15) is 5.10 Å². The average Bonchev–Trinajstić information content (AvgIpc) is 3.06. The Labute approximate surface area is 124 Å². The number of aliphatic hydroxyl groups excluding tert-OH is 1. The van der Waals surface area contributed by atoms with Crippen molar-refractivity contribution < 1.29 is 9.52 Å². The predicted octanol–water partition coefficient (Wildman–Crippen LogP) is 3.25. The van der Waals surface area contributed by atoms with Gasteiger partial charge in [0.15, 0.2) is 0 Å². The van der Waals surface area contributed by atoms with Crippen molar-refractivity contribution in [3.05, 3.63) is 40.6 Å². The molecule has 0 aliphatic heterocycles. The summed E-state index contributed by atoms with van der Waals surface area (Å²) in [6.07, 6.45) is 3.93. The molecular weight excluding hydrogens is 276 g/mol. The maximum absolute atomic E-state index is 10.2. The van der Waals surface area contributed by atoms with Crippen LogP contribution in [-0.2, 0) is 25.8 Å². The number of aliphatic hydroxyl groups is 1. The molecule has 0 saturated heterocycles. The van der Waals surface area contributed by atoms with Crippen molar-refractivity contribution in [3.63, 3.8) is 0 Å². The van der Waals surface area contributed by atoms with E-state index in [1.807, 2.05) is 30.7 Å². The van der Waals surface area contributed by atoms with Gasteiger partial charge in [-0.15, -0.1) is 0 Å². The van der Waals surface area contributed by atoms with Crippen molar-refractivity contribution in [2.75, 3.05) is 0 Å². The lowest BCUT2D eigenvalue weighted by atomic mass is 10.1. The molecule has 110 valence electrons. The van der Waals surface area contributed by atoms with Gasteiger partial charge in [0, 0.05) is 19.4 Å². The van der Waals surface area contributed by atoms with Crippen LogP contribution in [0.15, 0.2) is 22.8 Å². The van der Waals surface area contributed by atoms with Crippen LogP contribution in [0.2, 0.25) is 5.02 Å². The van der Waals surface area contributed by atoms with E-state index in [0.29, 0.717) is 17.9 Å². The van der Waals surface area contributed by atoms with Crippen molar-refractivity contribution in [1.29, 1.82) is 0 Å². The first kappa shape index (κ1) is 15.1. The lowest BCUT2D eigenvalue weighted by Gasteiger charge is -2.11. The first-order valence-electron chi connectivity index (χ1n) is 7.10. The smallest absolute Gasteiger partial charge is 0.103 e. The summed E-state index contributed by atoms with van der Waals surface area (Å²) in [6.45, 7) is 4.83. The maximum Gasteiger partial charge on any atom is 0.103 e. The highest BCUT2D eigenvalue weighted by molar-refractivity contribution is 6.31. The van der Waals surface area contributed by atoms with Crippen molar-refractivity contribution in [3.8, 4) is 0 Å². The molecule has 0 fully saturated rings. The minimum atomic E-state index is -0.440. The van der Waals surface area contributed by atoms with Gasteiger partial charge in [0.2, 0.25) is 0 Å². The van der Waals surface area contributed by atoms with E-state index in [1.165, 1.54) is 0 Å². The highest BCUT2D eigenvalue weighted by atomic mass is 35.5. The van der Waals surface area contributed by atoms with Gasteiger partial charge in [0.25, 0.3) is 0 Å². The van der Waals surface area contributed by atoms with Gasteiger partial charge in [0.1, 0.15) is 5.76 Å². The van der Waals surface area contributed by atoms with Crippen LogP contribution in [0.3, 0.4) is 0 Å². The van der Waals surface area contributed by atoms with E-state index in [9.17, 15) is 5.11 Å². The highest BCUT2D eigenvalue weighted by Gasteiger charge is 2.17. The molecular formula is C15H21ClN2O2. The molecule has 5 heteroatoms. The van der Waals surface area contributed by atoms with Crippen LogP contribution in [0.5, 0.6) is 0 Å². The normalized spacial score (nSPS) is 12.8. The summed E-state index contributed by atoms with van der Waals surface area (Å²) in [7, 11) is 0. The zero-order valence-electron chi connectivity index (χ0n) is 12.0. The Balaban J connectivity index is 1.99. The Bertz CT molecular complexity index is 534. The summed E-state index contributed by atoms with van der Waals surface area (Å²) in [5, 5.41) is 15.4. The first-order chi connectivity index (χ1) is 9.65. The number of aromatic nitrogens is 2. The van der Waals surface area contributed by atoms with Crippen LogP contribution in [-0.4, -0.2) is 21.0 Å². The fourth-order valence-corrected chi connectivity index (χ4v) is 2.65. The van der Waals surface area contributed by atoms with Crippen LogP contribution >= 0.6 is 11.6 Å². The Morgan fingerprint density at radius 3 is 2.85 bits per heavy atom. The van der Waals surface area contributed by atoms with Gasteiger partial charge in [0.05, 0.1) is 28.8 Å². The van der Waals surface area contributed by atoms with Crippen LogP contribution in [0.25, 0.3) is 0 Å². The first-order valence-corrected chi connectivity index (χ1v) is 7.48. The minimum Gasteiger partial charge on any atom is -0.469 e. The quantitative estimate of drug-likeness (QED) is 0.853. The van der Waals surface area contributed by atoms with Crippen molar-refractivity contribution in [2.45, 2.75) is 52.2 Å². The summed E-state index contributed by atoms with van der Waals surface area (Å²) in [4.78, 5) is 0. The van der Waals surface area contributed by atoms with E-state index in [2.05, 4.69) is 5.10 Å². The molecule has 0 amide bonds. The Morgan fingerprint density at radius 1 is 1.45 bits per heavy atom. The predicted molar refractivity (Wildman–Crippen MR) is 79.0 cm³/mol. The molecule has 0 spiro atoms. The molecule has 0 radical (unpaired) electrons. The number of hydrogen-bond donors (Lipinski definition) is 1. The van der Waals surface area contributed by atoms with E-state index in [0.717, 1.165) is 36.5 Å². The molecule has 2 heterocycles. The Kier molecular flexibility index (Phi) is 5.26. The standard InChI is InChI=1S/C15H21ClN2O2/c1-3-13-15(16)14(18(4-2)17-13)10-11(19)7-8-12-6-5-9-20-12/h5-6,9,11,19H,3-4,7-8,10H2,1-2H3. The van der Waals surface area contributed by atoms with Gasteiger partial charge >= 0.3 is 0 Å². The number of rotatable bonds is 7. The summed E-state index contributed by atoms with van der Waals surface area (Å²) < 4.78 is 7.16. The molecule has 0 bridgehead atoms. The largest absolute Gasteiger partial charge is 0.469 e. The topological polar surface area (TPSA) is 51.2 Å². The SMILES string of the molecule is CCc1nn(CC)c(CC(O)CCc2ccco2)c1Cl. The second-order valence-electron chi connectivity index (χ2n) is 4.85. The van der Waals surface area contributed by atoms with Crippen molar-refractivity contribution in [1.82, 2.24) is 9.78 Å². The van der Waals surface area contributed by atoms with E-state index in [-0.39, 0.29) is 0 Å². The fourth-order valence-electron chi connectivity index (χ4n) is 2.30. The molecule has 0 aliphatic carbocycles. The number of aryl methyl sites for hydroxylation is 3. The third-order valence-electron chi connectivity index (χ3n) is 3.43. The third-order valence-corrected chi connectivity index (χ3v) is 3.86. The Hall–Kier alpha value is -1.26. The molecule has 0 aliphatic rings. The van der Waals surface area contributed by atoms with Crippen LogP contribution < -0.4 is 0 Å². The number of hydrogen-bond acceptors (Lipinski definition) is 3.